The first-order valence-corrected chi connectivity index (χ1v) is 5.63. The summed E-state index contributed by atoms with van der Waals surface area (Å²) in [6, 6.07) is 0. The fourth-order valence-corrected chi connectivity index (χ4v) is 1.79. The maximum absolute atomic E-state index is 12.8. The van der Waals surface area contributed by atoms with E-state index >= 15 is 0 Å². The lowest BCUT2D eigenvalue weighted by Gasteiger charge is -2.16. The minimum Gasteiger partial charge on any atom is -0.392 e. The summed E-state index contributed by atoms with van der Waals surface area (Å²) in [5.74, 6) is -1.24. The van der Waals surface area contributed by atoms with E-state index in [1.165, 1.54) is 0 Å². The SMILES string of the molecule is OCc1c(CBr)cnc(OC(F)(F)F)c1C(F)F. The van der Waals surface area contributed by atoms with Gasteiger partial charge in [0, 0.05) is 11.5 Å². The molecule has 1 heterocycles. The Morgan fingerprint density at radius 2 is 2.00 bits per heavy atom. The summed E-state index contributed by atoms with van der Waals surface area (Å²) in [6.45, 7) is -0.836. The monoisotopic (exact) mass is 335 g/mol. The van der Waals surface area contributed by atoms with Gasteiger partial charge in [-0.1, -0.05) is 15.9 Å². The van der Waals surface area contributed by atoms with Gasteiger partial charge in [-0.05, 0) is 11.1 Å². The quantitative estimate of drug-likeness (QED) is 0.678. The molecule has 0 aliphatic rings. The first kappa shape index (κ1) is 15.1. The largest absolute Gasteiger partial charge is 0.574 e. The second-order valence-electron chi connectivity index (χ2n) is 3.12. The van der Waals surface area contributed by atoms with Gasteiger partial charge < -0.3 is 9.84 Å². The summed E-state index contributed by atoms with van der Waals surface area (Å²) in [5.41, 5.74) is -1.20. The second-order valence-corrected chi connectivity index (χ2v) is 3.68. The number of pyridine rings is 1. The number of hydrogen-bond acceptors (Lipinski definition) is 3. The van der Waals surface area contributed by atoms with E-state index in [1.807, 2.05) is 0 Å². The maximum atomic E-state index is 12.8. The van der Waals surface area contributed by atoms with Crippen LogP contribution in [-0.2, 0) is 11.9 Å². The molecule has 102 valence electrons. The number of aromatic nitrogens is 1. The summed E-state index contributed by atoms with van der Waals surface area (Å²) in [5, 5.41) is 9.05. The average molecular weight is 336 g/mol. The van der Waals surface area contributed by atoms with Gasteiger partial charge >= 0.3 is 6.36 Å². The molecule has 0 radical (unpaired) electrons. The number of aliphatic hydroxyl groups excluding tert-OH is 1. The van der Waals surface area contributed by atoms with E-state index in [1.54, 1.807) is 0 Å². The number of nitrogens with zero attached hydrogens (tertiary/aromatic N) is 1. The van der Waals surface area contributed by atoms with Gasteiger partial charge in [-0.2, -0.15) is 0 Å². The Hall–Kier alpha value is -0.960. The molecule has 0 saturated heterocycles. The van der Waals surface area contributed by atoms with Crippen molar-refractivity contribution in [2.24, 2.45) is 0 Å². The molecule has 18 heavy (non-hydrogen) atoms. The molecule has 0 amide bonds. The van der Waals surface area contributed by atoms with Crippen LogP contribution in [0.1, 0.15) is 23.1 Å². The minimum atomic E-state index is -5.13. The molecule has 0 aromatic carbocycles. The van der Waals surface area contributed by atoms with Crippen molar-refractivity contribution in [3.05, 3.63) is 22.9 Å². The fourth-order valence-electron chi connectivity index (χ4n) is 1.30. The van der Waals surface area contributed by atoms with Crippen molar-refractivity contribution in [2.45, 2.75) is 24.7 Å². The van der Waals surface area contributed by atoms with E-state index < -0.39 is 30.8 Å². The van der Waals surface area contributed by atoms with E-state index in [4.69, 9.17) is 5.11 Å². The van der Waals surface area contributed by atoms with Crippen LogP contribution in [0.5, 0.6) is 5.88 Å². The summed E-state index contributed by atoms with van der Waals surface area (Å²) in [7, 11) is 0. The van der Waals surface area contributed by atoms with E-state index in [0.717, 1.165) is 6.20 Å². The topological polar surface area (TPSA) is 42.4 Å². The zero-order valence-corrected chi connectivity index (χ0v) is 10.2. The molecule has 0 aliphatic carbocycles. The van der Waals surface area contributed by atoms with Gasteiger partial charge in [-0.15, -0.1) is 13.2 Å². The number of rotatable bonds is 4. The van der Waals surface area contributed by atoms with E-state index in [0.29, 0.717) is 0 Å². The van der Waals surface area contributed by atoms with Crippen LogP contribution in [0.3, 0.4) is 0 Å². The van der Waals surface area contributed by atoms with Crippen LogP contribution in [-0.4, -0.2) is 16.5 Å². The van der Waals surface area contributed by atoms with E-state index in [9.17, 15) is 22.0 Å². The smallest absolute Gasteiger partial charge is 0.392 e. The predicted octanol–water partition coefficient (Wildman–Crippen LogP) is 3.31. The zero-order valence-electron chi connectivity index (χ0n) is 8.64. The highest BCUT2D eigenvalue weighted by Crippen LogP contribution is 2.35. The van der Waals surface area contributed by atoms with Crippen LogP contribution in [0.25, 0.3) is 0 Å². The maximum Gasteiger partial charge on any atom is 0.574 e. The van der Waals surface area contributed by atoms with Crippen LogP contribution >= 0.6 is 15.9 Å². The summed E-state index contributed by atoms with van der Waals surface area (Å²) in [6.07, 6.45) is -7.43. The third kappa shape index (κ3) is 3.52. The van der Waals surface area contributed by atoms with Crippen molar-refractivity contribution < 1.29 is 31.8 Å². The number of hydrogen-bond donors (Lipinski definition) is 1. The Morgan fingerprint density at radius 1 is 1.39 bits per heavy atom. The normalized spacial score (nSPS) is 12.0. The Morgan fingerprint density at radius 3 is 2.39 bits per heavy atom. The lowest BCUT2D eigenvalue weighted by Crippen LogP contribution is -2.20. The average Bonchev–Trinajstić information content (AvgIpc) is 2.25. The van der Waals surface area contributed by atoms with Gasteiger partial charge in [-0.3, -0.25) is 0 Å². The van der Waals surface area contributed by atoms with E-state index in [2.05, 4.69) is 25.7 Å². The first-order valence-electron chi connectivity index (χ1n) is 4.51. The Kier molecular flexibility index (Phi) is 4.85. The summed E-state index contributed by atoms with van der Waals surface area (Å²) >= 11 is 2.96. The highest BCUT2D eigenvalue weighted by atomic mass is 79.9. The third-order valence-corrected chi connectivity index (χ3v) is 2.62. The van der Waals surface area contributed by atoms with E-state index in [-0.39, 0.29) is 16.5 Å². The molecule has 9 heteroatoms. The summed E-state index contributed by atoms with van der Waals surface area (Å²) in [4.78, 5) is 3.20. The predicted molar refractivity (Wildman–Crippen MR) is 54.4 cm³/mol. The fraction of sp³-hybridized carbons (Fsp3) is 0.444. The molecule has 0 unspecified atom stereocenters. The van der Waals surface area contributed by atoms with Crippen molar-refractivity contribution in [3.8, 4) is 5.88 Å². The highest BCUT2D eigenvalue weighted by Gasteiger charge is 2.35. The molecule has 0 fully saturated rings. The molecule has 0 saturated carbocycles. The molecule has 1 N–H and O–H groups in total. The molecule has 0 spiro atoms. The molecule has 1 rings (SSSR count). The molecular formula is C9H7BrF5NO2. The molecule has 0 atom stereocenters. The van der Waals surface area contributed by atoms with Crippen LogP contribution < -0.4 is 4.74 Å². The van der Waals surface area contributed by atoms with Gasteiger partial charge in [0.1, 0.15) is 0 Å². The molecule has 1 aromatic heterocycles. The molecule has 3 nitrogen and oxygen atoms in total. The zero-order chi connectivity index (χ0) is 13.9. The number of ether oxygens (including phenoxy) is 1. The third-order valence-electron chi connectivity index (χ3n) is 2.01. The molecule has 1 aromatic rings. The Balaban J connectivity index is 3.35. The Labute approximate surface area is 107 Å². The second kappa shape index (κ2) is 5.79. The van der Waals surface area contributed by atoms with Crippen molar-refractivity contribution in [2.75, 3.05) is 0 Å². The number of aliphatic hydroxyl groups is 1. The minimum absolute atomic E-state index is 0.0713. The van der Waals surface area contributed by atoms with Gasteiger partial charge in [0.05, 0.1) is 12.2 Å². The van der Waals surface area contributed by atoms with Gasteiger partial charge in [0.2, 0.25) is 5.88 Å². The van der Waals surface area contributed by atoms with Crippen LogP contribution in [0.4, 0.5) is 22.0 Å². The molecule has 0 bridgehead atoms. The highest BCUT2D eigenvalue weighted by molar-refractivity contribution is 9.08. The van der Waals surface area contributed by atoms with Gasteiger partial charge in [0.25, 0.3) is 6.43 Å². The standard InChI is InChI=1S/C9H7BrF5NO2/c10-1-4-2-16-8(18-9(13,14)15)6(7(11)12)5(4)3-17/h2,7,17H,1,3H2. The summed E-state index contributed by atoms with van der Waals surface area (Å²) < 4.78 is 65.0. The first-order chi connectivity index (χ1) is 8.30. The number of alkyl halides is 6. The lowest BCUT2D eigenvalue weighted by molar-refractivity contribution is -0.276. The van der Waals surface area contributed by atoms with Crippen molar-refractivity contribution in [1.29, 1.82) is 0 Å². The van der Waals surface area contributed by atoms with Crippen molar-refractivity contribution in [1.82, 2.24) is 4.98 Å². The van der Waals surface area contributed by atoms with Crippen LogP contribution in [0.2, 0.25) is 0 Å². The van der Waals surface area contributed by atoms with Crippen LogP contribution in [0.15, 0.2) is 6.20 Å². The van der Waals surface area contributed by atoms with Gasteiger partial charge in [0.15, 0.2) is 0 Å². The van der Waals surface area contributed by atoms with Crippen LogP contribution in [0, 0.1) is 0 Å². The van der Waals surface area contributed by atoms with Gasteiger partial charge in [-0.25, -0.2) is 13.8 Å². The van der Waals surface area contributed by atoms with Crippen molar-refractivity contribution >= 4 is 15.9 Å². The molecule has 0 aliphatic heterocycles. The van der Waals surface area contributed by atoms with Crippen molar-refractivity contribution in [3.63, 3.8) is 0 Å². The number of halogens is 6. The lowest BCUT2D eigenvalue weighted by atomic mass is 10.1. The molecular weight excluding hydrogens is 329 g/mol. The Bertz CT molecular complexity index is 424.